The zero-order valence-corrected chi connectivity index (χ0v) is 17.6. The number of benzene rings is 3. The van der Waals surface area contributed by atoms with E-state index in [1.165, 1.54) is 6.08 Å². The quantitative estimate of drug-likeness (QED) is 0.281. The number of hydrogen-bond acceptors (Lipinski definition) is 4. The predicted molar refractivity (Wildman–Crippen MR) is 124 cm³/mol. The van der Waals surface area contributed by atoms with E-state index in [0.29, 0.717) is 10.9 Å². The summed E-state index contributed by atoms with van der Waals surface area (Å²) in [4.78, 5) is 37.1. The molecule has 1 amide bonds. The van der Waals surface area contributed by atoms with E-state index in [4.69, 9.17) is 4.74 Å². The van der Waals surface area contributed by atoms with E-state index < -0.39 is 17.7 Å². The Hall–Kier alpha value is -4.45. The molecule has 1 aliphatic heterocycles. The molecule has 0 saturated carbocycles. The normalized spacial score (nSPS) is 13.1. The number of ether oxygens (including phenoxy) is 1. The van der Waals surface area contributed by atoms with Gasteiger partial charge >= 0.3 is 5.97 Å². The minimum atomic E-state index is -0.807. The van der Waals surface area contributed by atoms with Gasteiger partial charge in [0, 0.05) is 23.2 Å². The van der Waals surface area contributed by atoms with Gasteiger partial charge in [-0.1, -0.05) is 78.9 Å². The van der Waals surface area contributed by atoms with E-state index in [0.717, 1.165) is 16.6 Å². The van der Waals surface area contributed by atoms with Gasteiger partial charge in [0.2, 0.25) is 0 Å². The van der Waals surface area contributed by atoms with Gasteiger partial charge in [-0.05, 0) is 17.2 Å². The maximum Gasteiger partial charge on any atom is 0.333 e. The summed E-state index contributed by atoms with van der Waals surface area (Å²) in [7, 11) is 0. The van der Waals surface area contributed by atoms with E-state index in [2.05, 4.69) is 5.32 Å². The lowest BCUT2D eigenvalue weighted by molar-refractivity contribution is -0.135. The van der Waals surface area contributed by atoms with Crippen LogP contribution < -0.4 is 5.32 Å². The minimum absolute atomic E-state index is 0.0519. The summed E-state index contributed by atoms with van der Waals surface area (Å²) in [5, 5.41) is 3.17. The number of rotatable bonds is 6. The Bertz CT molecular complexity index is 1350. The topological polar surface area (TPSA) is 77.4 Å². The number of ketones is 1. The maximum absolute atomic E-state index is 13.2. The Balaban J connectivity index is 1.61. The number of carbonyl (C=O) groups excluding carboxylic acids is 3. The second kappa shape index (κ2) is 8.59. The highest BCUT2D eigenvalue weighted by Crippen LogP contribution is 2.33. The lowest BCUT2D eigenvalue weighted by atomic mass is 9.98. The molecule has 0 fully saturated rings. The number of para-hydroxylation sites is 1. The minimum Gasteiger partial charge on any atom is -0.456 e. The fraction of sp³-hybridized carbons (Fsp3) is 0.0741. The van der Waals surface area contributed by atoms with Gasteiger partial charge in [-0.25, -0.2) is 4.79 Å². The monoisotopic (exact) mass is 436 g/mol. The highest BCUT2D eigenvalue weighted by molar-refractivity contribution is 6.45. The third kappa shape index (κ3) is 3.94. The van der Waals surface area contributed by atoms with Crippen LogP contribution in [0.1, 0.15) is 27.5 Å². The molecule has 5 rings (SSSR count). The first-order valence-electron chi connectivity index (χ1n) is 10.5. The number of nitrogens with zero attached hydrogens (tertiary/aromatic N) is 1. The third-order valence-electron chi connectivity index (χ3n) is 5.64. The molecule has 2 heterocycles. The number of fused-ring (bicyclic) bond motifs is 1. The number of esters is 1. The fourth-order valence-electron chi connectivity index (χ4n) is 4.16. The van der Waals surface area contributed by atoms with Crippen molar-refractivity contribution in [2.45, 2.75) is 6.04 Å². The molecular formula is C27H20N2O4. The molecule has 3 aromatic carbocycles. The summed E-state index contributed by atoms with van der Waals surface area (Å²) in [6, 6.07) is 27.4. The molecule has 0 radical (unpaired) electrons. The molecule has 0 aliphatic carbocycles. The summed E-state index contributed by atoms with van der Waals surface area (Å²) in [6.45, 7) is -0.0519. The van der Waals surface area contributed by atoms with Crippen LogP contribution in [0.2, 0.25) is 0 Å². The second-order valence-electron chi connectivity index (χ2n) is 7.75. The summed E-state index contributed by atoms with van der Waals surface area (Å²) in [5.74, 6) is -2.02. The van der Waals surface area contributed by atoms with Gasteiger partial charge in [-0.3, -0.25) is 9.59 Å². The number of carbonyl (C=O) groups is 3. The van der Waals surface area contributed by atoms with Crippen LogP contribution in [0.25, 0.3) is 10.9 Å². The van der Waals surface area contributed by atoms with Crippen molar-refractivity contribution in [3.63, 3.8) is 0 Å². The molecule has 0 atom stereocenters. The molecule has 6 heteroatoms. The third-order valence-corrected chi connectivity index (χ3v) is 5.64. The summed E-state index contributed by atoms with van der Waals surface area (Å²) in [5.41, 5.74) is 3.52. The molecule has 0 saturated heterocycles. The van der Waals surface area contributed by atoms with Gasteiger partial charge in [0.15, 0.2) is 0 Å². The zero-order valence-electron chi connectivity index (χ0n) is 17.6. The Morgan fingerprint density at radius 3 is 2.06 bits per heavy atom. The van der Waals surface area contributed by atoms with E-state index >= 15 is 0 Å². The molecular weight excluding hydrogens is 416 g/mol. The Kier molecular flexibility index (Phi) is 5.32. The number of Topliss-reactive ketones (excluding diaryl/α,β-unsaturated/α-hetero) is 1. The molecule has 1 aromatic heterocycles. The number of hydrogen-bond donors (Lipinski definition) is 1. The Morgan fingerprint density at radius 2 is 1.45 bits per heavy atom. The van der Waals surface area contributed by atoms with Crippen molar-refractivity contribution >= 4 is 28.6 Å². The standard InChI is InChI=1S/C27H20N2O4/c30-24-15-20(17-33-24)28-27(32)26(31)22-16-29(23-14-8-7-13-21(22)23)25(18-9-3-1-4-10-18)19-11-5-2-6-12-19/h1-16,25H,17H2,(H,28,32). The lowest BCUT2D eigenvalue weighted by Gasteiger charge is -2.21. The second-order valence-corrected chi connectivity index (χ2v) is 7.75. The highest BCUT2D eigenvalue weighted by atomic mass is 16.5. The fourth-order valence-corrected chi connectivity index (χ4v) is 4.16. The van der Waals surface area contributed by atoms with Gasteiger partial charge < -0.3 is 14.6 Å². The van der Waals surface area contributed by atoms with Crippen LogP contribution >= 0.6 is 0 Å². The van der Waals surface area contributed by atoms with Crippen LogP contribution in [0.4, 0.5) is 0 Å². The molecule has 33 heavy (non-hydrogen) atoms. The molecule has 4 aromatic rings. The molecule has 0 spiro atoms. The van der Waals surface area contributed by atoms with Crippen molar-refractivity contribution in [2.24, 2.45) is 0 Å². The summed E-state index contributed by atoms with van der Waals surface area (Å²) < 4.78 is 6.82. The van der Waals surface area contributed by atoms with E-state index in [1.807, 2.05) is 89.5 Å². The summed E-state index contributed by atoms with van der Waals surface area (Å²) >= 11 is 0. The number of amides is 1. The average molecular weight is 436 g/mol. The maximum atomic E-state index is 13.2. The van der Waals surface area contributed by atoms with E-state index in [1.54, 1.807) is 6.20 Å². The molecule has 1 N–H and O–H groups in total. The lowest BCUT2D eigenvalue weighted by Crippen LogP contribution is -2.31. The van der Waals surface area contributed by atoms with Crippen LogP contribution in [0.15, 0.2) is 103 Å². The Morgan fingerprint density at radius 1 is 0.848 bits per heavy atom. The summed E-state index contributed by atoms with van der Waals surface area (Å²) in [6.07, 6.45) is 2.91. The van der Waals surface area contributed by atoms with Gasteiger partial charge in [-0.2, -0.15) is 0 Å². The van der Waals surface area contributed by atoms with Gasteiger partial charge in [0.05, 0.1) is 17.3 Å². The zero-order chi connectivity index (χ0) is 22.8. The van der Waals surface area contributed by atoms with Crippen LogP contribution in [-0.2, 0) is 14.3 Å². The van der Waals surface area contributed by atoms with E-state index in [9.17, 15) is 14.4 Å². The number of cyclic esters (lactones) is 1. The van der Waals surface area contributed by atoms with Crippen LogP contribution in [-0.4, -0.2) is 28.8 Å². The van der Waals surface area contributed by atoms with Crippen LogP contribution in [0.3, 0.4) is 0 Å². The van der Waals surface area contributed by atoms with Gasteiger partial charge in [0.25, 0.3) is 11.7 Å². The molecule has 162 valence electrons. The molecule has 0 bridgehead atoms. The molecule has 6 nitrogen and oxygen atoms in total. The predicted octanol–water partition coefficient (Wildman–Crippen LogP) is 4.02. The van der Waals surface area contributed by atoms with Crippen molar-refractivity contribution in [1.82, 2.24) is 9.88 Å². The van der Waals surface area contributed by atoms with Gasteiger partial charge in [0.1, 0.15) is 6.61 Å². The van der Waals surface area contributed by atoms with Crippen molar-refractivity contribution in [3.05, 3.63) is 120 Å². The van der Waals surface area contributed by atoms with Crippen LogP contribution in [0, 0.1) is 0 Å². The van der Waals surface area contributed by atoms with Gasteiger partial charge in [-0.15, -0.1) is 0 Å². The average Bonchev–Trinajstić information content (AvgIpc) is 3.44. The Labute approximate surface area is 190 Å². The van der Waals surface area contributed by atoms with E-state index in [-0.39, 0.29) is 18.3 Å². The number of aromatic nitrogens is 1. The number of nitrogens with one attached hydrogen (secondary N) is 1. The first-order chi connectivity index (χ1) is 16.1. The first-order valence-corrected chi connectivity index (χ1v) is 10.5. The van der Waals surface area contributed by atoms with Crippen molar-refractivity contribution in [1.29, 1.82) is 0 Å². The van der Waals surface area contributed by atoms with Crippen molar-refractivity contribution < 1.29 is 19.1 Å². The first kappa shape index (κ1) is 20.5. The van der Waals surface area contributed by atoms with Crippen LogP contribution in [0.5, 0.6) is 0 Å². The van der Waals surface area contributed by atoms with Crippen molar-refractivity contribution in [2.75, 3.05) is 6.61 Å². The molecule has 1 aliphatic rings. The largest absolute Gasteiger partial charge is 0.456 e. The SMILES string of the molecule is O=C1C=C(NC(=O)C(=O)c2cn(C(c3ccccc3)c3ccccc3)c3ccccc23)CO1. The molecule has 0 unspecified atom stereocenters. The van der Waals surface area contributed by atoms with Crippen molar-refractivity contribution in [3.8, 4) is 0 Å². The highest BCUT2D eigenvalue weighted by Gasteiger charge is 2.26. The smallest absolute Gasteiger partial charge is 0.333 e.